The fraction of sp³-hybridized carbons (Fsp3) is 0. The molecular formula is C12H13N3O. The highest BCUT2D eigenvalue weighted by atomic mass is 16.5. The molecule has 0 spiro atoms. The second kappa shape index (κ2) is 4.02. The van der Waals surface area contributed by atoms with E-state index >= 15 is 0 Å². The third-order valence-corrected chi connectivity index (χ3v) is 2.15. The van der Waals surface area contributed by atoms with Gasteiger partial charge in [0.05, 0.1) is 11.4 Å². The molecule has 0 aliphatic rings. The third-order valence-electron chi connectivity index (χ3n) is 2.15. The van der Waals surface area contributed by atoms with Crippen LogP contribution in [0.4, 0.5) is 17.1 Å². The number of benzene rings is 2. The number of rotatable bonds is 2. The van der Waals surface area contributed by atoms with Crippen molar-refractivity contribution in [1.82, 2.24) is 0 Å². The van der Waals surface area contributed by atoms with Crippen LogP contribution >= 0.6 is 0 Å². The van der Waals surface area contributed by atoms with E-state index in [1.807, 2.05) is 0 Å². The van der Waals surface area contributed by atoms with E-state index in [0.717, 1.165) is 0 Å². The first-order valence-corrected chi connectivity index (χ1v) is 4.84. The van der Waals surface area contributed by atoms with Crippen molar-refractivity contribution in [1.29, 1.82) is 0 Å². The van der Waals surface area contributed by atoms with Gasteiger partial charge in [-0.2, -0.15) is 0 Å². The molecule has 0 aromatic heterocycles. The van der Waals surface area contributed by atoms with E-state index in [1.54, 1.807) is 42.5 Å². The first kappa shape index (κ1) is 10.2. The number of nitrogen functional groups attached to an aromatic ring is 3. The molecule has 2 rings (SSSR count). The number of ether oxygens (including phenoxy) is 1. The van der Waals surface area contributed by atoms with Crippen molar-refractivity contribution in [3.05, 3.63) is 42.5 Å². The van der Waals surface area contributed by atoms with Gasteiger partial charge >= 0.3 is 0 Å². The fourth-order valence-electron chi connectivity index (χ4n) is 1.39. The monoisotopic (exact) mass is 215 g/mol. The summed E-state index contributed by atoms with van der Waals surface area (Å²) in [6, 6.07) is 12.3. The van der Waals surface area contributed by atoms with Crippen LogP contribution in [0.2, 0.25) is 0 Å². The highest BCUT2D eigenvalue weighted by molar-refractivity contribution is 5.68. The SMILES string of the molecule is Nc1cccc(Oc2c(N)cccc2N)c1. The molecular weight excluding hydrogens is 202 g/mol. The van der Waals surface area contributed by atoms with Crippen LogP contribution in [0.5, 0.6) is 11.5 Å². The van der Waals surface area contributed by atoms with E-state index in [4.69, 9.17) is 21.9 Å². The van der Waals surface area contributed by atoms with Gasteiger partial charge in [-0.05, 0) is 24.3 Å². The first-order valence-electron chi connectivity index (χ1n) is 4.84. The summed E-state index contributed by atoms with van der Waals surface area (Å²) in [6.07, 6.45) is 0. The smallest absolute Gasteiger partial charge is 0.173 e. The maximum absolute atomic E-state index is 5.77. The molecule has 0 saturated heterocycles. The molecule has 2 aromatic carbocycles. The average molecular weight is 215 g/mol. The van der Waals surface area contributed by atoms with Crippen molar-refractivity contribution in [2.75, 3.05) is 17.2 Å². The number of hydrogen-bond donors (Lipinski definition) is 3. The Labute approximate surface area is 93.6 Å². The van der Waals surface area contributed by atoms with Gasteiger partial charge < -0.3 is 21.9 Å². The molecule has 0 amide bonds. The van der Waals surface area contributed by atoms with Gasteiger partial charge in [0.1, 0.15) is 5.75 Å². The van der Waals surface area contributed by atoms with Crippen LogP contribution < -0.4 is 21.9 Å². The minimum Gasteiger partial charge on any atom is -0.453 e. The maximum Gasteiger partial charge on any atom is 0.173 e. The quantitative estimate of drug-likeness (QED) is 0.670. The van der Waals surface area contributed by atoms with Gasteiger partial charge in [-0.3, -0.25) is 0 Å². The lowest BCUT2D eigenvalue weighted by Gasteiger charge is -2.10. The Morgan fingerprint density at radius 1 is 0.812 bits per heavy atom. The predicted octanol–water partition coefficient (Wildman–Crippen LogP) is 2.23. The van der Waals surface area contributed by atoms with Crippen LogP contribution in [0.3, 0.4) is 0 Å². The zero-order valence-electron chi connectivity index (χ0n) is 8.68. The second-order valence-corrected chi connectivity index (χ2v) is 3.44. The topological polar surface area (TPSA) is 87.3 Å². The number of para-hydroxylation sites is 1. The molecule has 16 heavy (non-hydrogen) atoms. The van der Waals surface area contributed by atoms with Gasteiger partial charge in [-0.15, -0.1) is 0 Å². The summed E-state index contributed by atoms with van der Waals surface area (Å²) in [5.41, 5.74) is 18.8. The predicted molar refractivity (Wildman–Crippen MR) is 66.2 cm³/mol. The van der Waals surface area contributed by atoms with Gasteiger partial charge in [-0.25, -0.2) is 0 Å². The summed E-state index contributed by atoms with van der Waals surface area (Å²) in [5.74, 6) is 1.08. The Bertz CT molecular complexity index is 491. The molecule has 0 saturated carbocycles. The molecule has 0 aliphatic carbocycles. The van der Waals surface area contributed by atoms with E-state index in [9.17, 15) is 0 Å². The lowest BCUT2D eigenvalue weighted by Crippen LogP contribution is -1.97. The van der Waals surface area contributed by atoms with Crippen LogP contribution in [0.1, 0.15) is 0 Å². The zero-order chi connectivity index (χ0) is 11.5. The van der Waals surface area contributed by atoms with Crippen molar-refractivity contribution in [2.45, 2.75) is 0 Å². The molecule has 0 aliphatic heterocycles. The van der Waals surface area contributed by atoms with Gasteiger partial charge in [0.15, 0.2) is 5.75 Å². The highest BCUT2D eigenvalue weighted by Crippen LogP contribution is 2.33. The van der Waals surface area contributed by atoms with Gasteiger partial charge in [0, 0.05) is 11.8 Å². The molecule has 0 bridgehead atoms. The summed E-state index contributed by atoms with van der Waals surface area (Å²) in [7, 11) is 0. The van der Waals surface area contributed by atoms with Gasteiger partial charge in [-0.1, -0.05) is 12.1 Å². The Hall–Kier alpha value is -2.36. The molecule has 4 nitrogen and oxygen atoms in total. The maximum atomic E-state index is 5.77. The Morgan fingerprint density at radius 3 is 2.06 bits per heavy atom. The van der Waals surface area contributed by atoms with Crippen LogP contribution in [0, 0.1) is 0 Å². The summed E-state index contributed by atoms with van der Waals surface area (Å²) in [6.45, 7) is 0. The van der Waals surface area contributed by atoms with E-state index in [0.29, 0.717) is 28.6 Å². The molecule has 6 N–H and O–H groups in total. The van der Waals surface area contributed by atoms with Crippen LogP contribution in [-0.2, 0) is 0 Å². The normalized spacial score (nSPS) is 10.0. The van der Waals surface area contributed by atoms with Crippen molar-refractivity contribution in [2.24, 2.45) is 0 Å². The van der Waals surface area contributed by atoms with Crippen molar-refractivity contribution in [3.8, 4) is 11.5 Å². The van der Waals surface area contributed by atoms with E-state index in [2.05, 4.69) is 0 Å². The lowest BCUT2D eigenvalue weighted by molar-refractivity contribution is 0.488. The molecule has 0 fully saturated rings. The third kappa shape index (κ3) is 2.00. The number of hydrogen-bond acceptors (Lipinski definition) is 4. The fourth-order valence-corrected chi connectivity index (χ4v) is 1.39. The summed E-state index contributed by atoms with van der Waals surface area (Å²) in [5, 5.41) is 0. The van der Waals surface area contributed by atoms with E-state index in [1.165, 1.54) is 0 Å². The lowest BCUT2D eigenvalue weighted by atomic mass is 10.2. The van der Waals surface area contributed by atoms with E-state index in [-0.39, 0.29) is 0 Å². The van der Waals surface area contributed by atoms with Crippen molar-refractivity contribution in [3.63, 3.8) is 0 Å². The molecule has 0 radical (unpaired) electrons. The molecule has 82 valence electrons. The molecule has 0 unspecified atom stereocenters. The minimum absolute atomic E-state index is 0.466. The first-order chi connectivity index (χ1) is 7.66. The highest BCUT2D eigenvalue weighted by Gasteiger charge is 2.06. The molecule has 0 atom stereocenters. The van der Waals surface area contributed by atoms with Crippen molar-refractivity contribution >= 4 is 17.1 Å². The molecule has 2 aromatic rings. The summed E-state index contributed by atoms with van der Waals surface area (Å²) >= 11 is 0. The summed E-state index contributed by atoms with van der Waals surface area (Å²) in [4.78, 5) is 0. The largest absolute Gasteiger partial charge is 0.453 e. The van der Waals surface area contributed by atoms with Crippen LogP contribution in [-0.4, -0.2) is 0 Å². The molecule has 0 heterocycles. The Morgan fingerprint density at radius 2 is 1.44 bits per heavy atom. The summed E-state index contributed by atoms with van der Waals surface area (Å²) < 4.78 is 5.59. The average Bonchev–Trinajstić information content (AvgIpc) is 2.24. The minimum atomic E-state index is 0.466. The van der Waals surface area contributed by atoms with E-state index < -0.39 is 0 Å². The standard InChI is InChI=1S/C12H13N3O/c13-8-3-1-4-9(7-8)16-12-10(14)5-2-6-11(12)15/h1-7H,13-15H2. The Balaban J connectivity index is 2.34. The van der Waals surface area contributed by atoms with Gasteiger partial charge in [0.2, 0.25) is 0 Å². The van der Waals surface area contributed by atoms with Crippen LogP contribution in [0.15, 0.2) is 42.5 Å². The number of anilines is 3. The van der Waals surface area contributed by atoms with Crippen LogP contribution in [0.25, 0.3) is 0 Å². The number of nitrogens with two attached hydrogens (primary N) is 3. The molecule has 4 heteroatoms. The Kier molecular flexibility index (Phi) is 2.55. The van der Waals surface area contributed by atoms with Gasteiger partial charge in [0.25, 0.3) is 0 Å². The van der Waals surface area contributed by atoms with Crippen molar-refractivity contribution < 1.29 is 4.74 Å². The second-order valence-electron chi connectivity index (χ2n) is 3.44. The zero-order valence-corrected chi connectivity index (χ0v) is 8.68.